The van der Waals surface area contributed by atoms with Gasteiger partial charge in [-0.3, -0.25) is 18.6 Å². The van der Waals surface area contributed by atoms with E-state index in [1.807, 2.05) is 12.1 Å². The van der Waals surface area contributed by atoms with Crippen molar-refractivity contribution in [3.63, 3.8) is 0 Å². The molecular weight excluding hydrogens is 924 g/mol. The molecule has 4 fully saturated rings. The second-order valence-electron chi connectivity index (χ2n) is 24.2. The summed E-state index contributed by atoms with van der Waals surface area (Å²) >= 11 is 0. The van der Waals surface area contributed by atoms with E-state index in [1.165, 1.54) is 91.2 Å². The molecule has 0 aliphatic heterocycles. The Hall–Kier alpha value is -4.23. The number of phosphoric ester groups is 1. The van der Waals surface area contributed by atoms with Crippen LogP contribution in [0.4, 0.5) is 0 Å². The van der Waals surface area contributed by atoms with Crippen molar-refractivity contribution in [3.8, 4) is 5.75 Å². The second-order valence-corrected chi connectivity index (χ2v) is 25.8. The average Bonchev–Trinajstić information content (AvgIpc) is 3.41. The van der Waals surface area contributed by atoms with E-state index in [9.17, 15) is 14.2 Å². The van der Waals surface area contributed by atoms with Gasteiger partial charge in [-0.05, 0) is 159 Å². The van der Waals surface area contributed by atoms with Crippen molar-refractivity contribution in [1.29, 1.82) is 0 Å². The first-order valence-electron chi connectivity index (χ1n) is 28.6. The monoisotopic (exact) mass is 1010 g/mol. The highest BCUT2D eigenvalue weighted by atomic mass is 31.2. The quantitative estimate of drug-likeness (QED) is 0.122. The third kappa shape index (κ3) is 10.5. The summed E-state index contributed by atoms with van der Waals surface area (Å²) in [5.74, 6) is 1.61. The highest BCUT2D eigenvalue weighted by molar-refractivity contribution is 7.48. The minimum Gasteiger partial charge on any atom is -0.404 e. The molecule has 2 N–H and O–H groups in total. The van der Waals surface area contributed by atoms with Crippen LogP contribution in [-0.4, -0.2) is 38.1 Å². The van der Waals surface area contributed by atoms with Crippen LogP contribution in [-0.2, 0) is 57.7 Å². The minimum absolute atomic E-state index is 0.0178. The topological polar surface area (TPSA) is 103 Å². The average molecular weight is 1010 g/mol. The normalized spacial score (nSPS) is 29.1. The van der Waals surface area contributed by atoms with Gasteiger partial charge in [0.15, 0.2) is 0 Å². The molecule has 6 aliphatic carbocycles. The maximum Gasteiger partial charge on any atom is 0.530 e. The van der Waals surface area contributed by atoms with Gasteiger partial charge >= 0.3 is 7.82 Å². The van der Waals surface area contributed by atoms with Crippen molar-refractivity contribution in [2.75, 3.05) is 26.3 Å². The summed E-state index contributed by atoms with van der Waals surface area (Å²) in [5, 5.41) is 7.05. The van der Waals surface area contributed by atoms with Gasteiger partial charge in [0, 0.05) is 23.9 Å². The second kappa shape index (κ2) is 22.2. The Morgan fingerprint density at radius 2 is 0.959 bits per heavy atom. The van der Waals surface area contributed by atoms with Gasteiger partial charge in [-0.15, -0.1) is 0 Å². The zero-order valence-corrected chi connectivity index (χ0v) is 46.2. The van der Waals surface area contributed by atoms with Gasteiger partial charge in [0.2, 0.25) is 11.8 Å². The number of fused-ring (bicyclic) bond motifs is 6. The Kier molecular flexibility index (Phi) is 16.3. The Morgan fingerprint density at radius 3 is 1.44 bits per heavy atom. The molecular formula is C64H87N2O6P. The van der Waals surface area contributed by atoms with Crippen LogP contribution in [0.5, 0.6) is 5.75 Å². The maximum absolute atomic E-state index is 14.2. The standard InChI is InChI=1S/C34H48NO5P.C30H39NO/c1-5-38-41(37,39-6-2)40-28-18-16-26-17-19-30-32(3,29(26)24-28)20-13-21-33(30,4)31(36)35-25-34(22-11-8-12-23-34)27-14-9-7-10-15-27;1-28-18-11-19-29(2,26(28)17-16-23-12-7-8-15-25(23)28)27(32)31-22-30(20-9-4-10-21-30)24-13-5-3-6-14-24/h7,9-10,14-16,18,24,30H,5-6,8,11-13,17,19-23,25H2,1-4H3,(H,35,36);3,5-8,12-15,26H,4,9-11,16-22H2,1-2H3,(H,31,32)/t30-,32-,33+;26-,28-,29+/m11/s1. The molecule has 0 bridgehead atoms. The van der Waals surface area contributed by atoms with Crippen LogP contribution in [0.2, 0.25) is 0 Å². The fourth-order valence-corrected chi connectivity index (χ4v) is 17.3. The zero-order valence-electron chi connectivity index (χ0n) is 45.3. The summed E-state index contributed by atoms with van der Waals surface area (Å²) in [5.41, 5.74) is 7.57. The molecule has 0 aromatic heterocycles. The van der Waals surface area contributed by atoms with Gasteiger partial charge in [0.25, 0.3) is 0 Å². The summed E-state index contributed by atoms with van der Waals surface area (Å²) in [6.07, 6.45) is 22.5. The number of carbonyl (C=O) groups is 2. The molecule has 0 unspecified atom stereocenters. The van der Waals surface area contributed by atoms with E-state index in [0.717, 1.165) is 77.2 Å². The minimum atomic E-state index is -3.70. The van der Waals surface area contributed by atoms with E-state index in [1.54, 1.807) is 13.8 Å². The van der Waals surface area contributed by atoms with Crippen molar-refractivity contribution in [2.45, 2.75) is 192 Å². The predicted octanol–water partition coefficient (Wildman–Crippen LogP) is 15.0. The molecule has 6 aliphatic rings. The fraction of sp³-hybridized carbons (Fsp3) is 0.594. The molecule has 2 amide bonds. The lowest BCUT2D eigenvalue weighted by Gasteiger charge is -2.54. The molecule has 8 nitrogen and oxygen atoms in total. The van der Waals surface area contributed by atoms with Gasteiger partial charge in [0.05, 0.1) is 24.0 Å². The smallest absolute Gasteiger partial charge is 0.404 e. The summed E-state index contributed by atoms with van der Waals surface area (Å²) in [4.78, 5) is 28.2. The largest absolute Gasteiger partial charge is 0.530 e. The Bertz CT molecular complexity index is 2560. The lowest BCUT2D eigenvalue weighted by atomic mass is 9.49. The number of amides is 2. The van der Waals surface area contributed by atoms with Crippen molar-refractivity contribution in [2.24, 2.45) is 22.7 Å². The molecule has 9 heteroatoms. The lowest BCUT2D eigenvalue weighted by molar-refractivity contribution is -0.140. The number of rotatable bonds is 14. The highest BCUT2D eigenvalue weighted by Gasteiger charge is 2.57. The molecule has 6 atom stereocenters. The zero-order chi connectivity index (χ0) is 51.4. The third-order valence-corrected chi connectivity index (χ3v) is 21.6. The molecule has 4 aromatic carbocycles. The molecule has 0 heterocycles. The van der Waals surface area contributed by atoms with E-state index < -0.39 is 13.2 Å². The van der Waals surface area contributed by atoms with Crippen LogP contribution < -0.4 is 15.2 Å². The summed E-state index contributed by atoms with van der Waals surface area (Å²) < 4.78 is 29.8. The molecule has 4 aromatic rings. The van der Waals surface area contributed by atoms with Gasteiger partial charge in [0.1, 0.15) is 5.75 Å². The first kappa shape index (κ1) is 53.6. The van der Waals surface area contributed by atoms with Crippen molar-refractivity contribution < 1.29 is 27.7 Å². The number of benzene rings is 4. The first-order chi connectivity index (χ1) is 35.2. The molecule has 394 valence electrons. The maximum atomic E-state index is 14.2. The third-order valence-electron chi connectivity index (χ3n) is 20.0. The predicted molar refractivity (Wildman–Crippen MR) is 295 cm³/mol. The number of nitrogens with one attached hydrogen (secondary N) is 2. The highest BCUT2D eigenvalue weighted by Crippen LogP contribution is 2.60. The number of hydrogen-bond donors (Lipinski definition) is 2. The van der Waals surface area contributed by atoms with Crippen LogP contribution in [0, 0.1) is 22.7 Å². The Morgan fingerprint density at radius 1 is 0.521 bits per heavy atom. The van der Waals surface area contributed by atoms with Crippen LogP contribution in [0.15, 0.2) is 103 Å². The van der Waals surface area contributed by atoms with Crippen molar-refractivity contribution in [1.82, 2.24) is 10.6 Å². The fourth-order valence-electron chi connectivity index (χ4n) is 16.1. The van der Waals surface area contributed by atoms with Crippen LogP contribution >= 0.6 is 7.82 Å². The van der Waals surface area contributed by atoms with E-state index >= 15 is 0 Å². The van der Waals surface area contributed by atoms with Crippen LogP contribution in [0.3, 0.4) is 0 Å². The number of phosphoric acid groups is 1. The van der Waals surface area contributed by atoms with Gasteiger partial charge in [-0.25, -0.2) is 4.57 Å². The number of carbonyl (C=O) groups excluding carboxylic acids is 2. The molecule has 0 saturated heterocycles. The number of aryl methyl sites for hydroxylation is 2. The Balaban J connectivity index is 0.000000185. The van der Waals surface area contributed by atoms with E-state index in [2.05, 4.69) is 129 Å². The van der Waals surface area contributed by atoms with Crippen LogP contribution in [0.1, 0.15) is 190 Å². The molecule has 73 heavy (non-hydrogen) atoms. The van der Waals surface area contributed by atoms with Crippen LogP contribution in [0.25, 0.3) is 0 Å². The Labute approximate surface area is 438 Å². The van der Waals surface area contributed by atoms with Gasteiger partial charge in [-0.1, -0.05) is 170 Å². The van der Waals surface area contributed by atoms with E-state index in [-0.39, 0.29) is 52.1 Å². The molecule has 0 spiro atoms. The SMILES string of the molecule is CCOP(=O)(OCC)Oc1ccc2c(c1)[C@@]1(C)CCC[C@](C)(C(=O)NCC3(c4ccccc4)CCCCC3)[C@@H]1CC2.C[C@]1(C(=O)NCC2(c3ccccc3)CCCCC2)CCC[C@]2(C)c3ccccc3CC[C@@H]12. The van der Waals surface area contributed by atoms with E-state index in [0.29, 0.717) is 24.1 Å². The van der Waals surface area contributed by atoms with E-state index in [4.69, 9.17) is 13.6 Å². The summed E-state index contributed by atoms with van der Waals surface area (Å²) in [6.45, 7) is 14.7. The van der Waals surface area contributed by atoms with Crippen molar-refractivity contribution in [3.05, 3.63) is 137 Å². The number of hydrogen-bond acceptors (Lipinski definition) is 6. The summed E-state index contributed by atoms with van der Waals surface area (Å²) in [6, 6.07) is 36.7. The van der Waals surface area contributed by atoms with Gasteiger partial charge in [-0.2, -0.15) is 0 Å². The first-order valence-corrected chi connectivity index (χ1v) is 30.1. The summed E-state index contributed by atoms with van der Waals surface area (Å²) in [7, 11) is -3.70. The van der Waals surface area contributed by atoms with Gasteiger partial charge < -0.3 is 15.2 Å². The molecule has 0 radical (unpaired) electrons. The molecule has 10 rings (SSSR count). The molecule has 4 saturated carbocycles. The lowest BCUT2D eigenvalue weighted by Crippen LogP contribution is -2.56. The van der Waals surface area contributed by atoms with Crippen molar-refractivity contribution >= 4 is 19.6 Å².